The van der Waals surface area contributed by atoms with Crippen LogP contribution in [-0.4, -0.2) is 10.9 Å². The van der Waals surface area contributed by atoms with Crippen molar-refractivity contribution in [1.82, 2.24) is 4.98 Å². The molecule has 5 heteroatoms. The maximum Gasteiger partial charge on any atom is 0.221 e. The molecule has 0 bridgehead atoms. The van der Waals surface area contributed by atoms with Gasteiger partial charge in [-0.15, -0.1) is 0 Å². The van der Waals surface area contributed by atoms with Crippen molar-refractivity contribution in [3.63, 3.8) is 0 Å². The molecule has 0 saturated heterocycles. The van der Waals surface area contributed by atoms with Gasteiger partial charge in [0, 0.05) is 31.5 Å². The van der Waals surface area contributed by atoms with Gasteiger partial charge in [0.05, 0.1) is 10.7 Å². The van der Waals surface area contributed by atoms with Crippen molar-refractivity contribution in [2.24, 2.45) is 0 Å². The van der Waals surface area contributed by atoms with Crippen molar-refractivity contribution in [3.05, 3.63) is 53.3 Å². The van der Waals surface area contributed by atoms with Crippen LogP contribution >= 0.6 is 11.6 Å². The van der Waals surface area contributed by atoms with Crippen LogP contribution in [0.5, 0.6) is 0 Å². The van der Waals surface area contributed by atoms with Gasteiger partial charge in [0.1, 0.15) is 0 Å². The highest BCUT2D eigenvalue weighted by Gasteiger charge is 2.03. The van der Waals surface area contributed by atoms with E-state index in [-0.39, 0.29) is 5.91 Å². The Morgan fingerprint density at radius 3 is 2.84 bits per heavy atom. The van der Waals surface area contributed by atoms with E-state index in [0.29, 0.717) is 17.3 Å². The lowest BCUT2D eigenvalue weighted by atomic mass is 10.2. The van der Waals surface area contributed by atoms with Gasteiger partial charge in [-0.05, 0) is 29.8 Å². The van der Waals surface area contributed by atoms with Crippen molar-refractivity contribution in [2.75, 3.05) is 10.6 Å². The normalized spacial score (nSPS) is 10.0. The summed E-state index contributed by atoms with van der Waals surface area (Å²) in [5.41, 5.74) is 2.59. The average Bonchev–Trinajstić information content (AvgIpc) is 2.40. The highest BCUT2D eigenvalue weighted by atomic mass is 35.5. The molecule has 0 aliphatic heterocycles. The van der Waals surface area contributed by atoms with Crippen LogP contribution in [0.4, 0.5) is 11.4 Å². The van der Waals surface area contributed by atoms with Crippen LogP contribution in [0.25, 0.3) is 0 Å². The summed E-state index contributed by atoms with van der Waals surface area (Å²) >= 11 is 6.09. The van der Waals surface area contributed by atoms with Crippen LogP contribution in [0.3, 0.4) is 0 Å². The van der Waals surface area contributed by atoms with Gasteiger partial charge in [-0.3, -0.25) is 9.78 Å². The molecule has 1 heterocycles. The number of amides is 1. The second-order valence-corrected chi connectivity index (χ2v) is 4.50. The van der Waals surface area contributed by atoms with Gasteiger partial charge in [0.25, 0.3) is 0 Å². The average molecular weight is 276 g/mol. The predicted molar refractivity (Wildman–Crippen MR) is 77.3 cm³/mol. The first-order chi connectivity index (χ1) is 9.15. The number of hydrogen-bond donors (Lipinski definition) is 2. The molecule has 98 valence electrons. The molecular formula is C14H14ClN3O. The summed E-state index contributed by atoms with van der Waals surface area (Å²) in [4.78, 5) is 15.0. The Kier molecular flexibility index (Phi) is 4.36. The fourth-order valence-corrected chi connectivity index (χ4v) is 1.85. The minimum atomic E-state index is -0.141. The minimum Gasteiger partial charge on any atom is -0.381 e. The lowest BCUT2D eigenvalue weighted by Gasteiger charge is -2.09. The van der Waals surface area contributed by atoms with E-state index in [4.69, 9.17) is 11.6 Å². The predicted octanol–water partition coefficient (Wildman–Crippen LogP) is 3.31. The topological polar surface area (TPSA) is 54.0 Å². The number of rotatable bonds is 4. The molecule has 1 amide bonds. The van der Waals surface area contributed by atoms with Gasteiger partial charge in [0.15, 0.2) is 0 Å². The molecule has 1 aromatic heterocycles. The highest BCUT2D eigenvalue weighted by molar-refractivity contribution is 6.34. The first-order valence-corrected chi connectivity index (χ1v) is 6.23. The Bertz CT molecular complexity index is 572. The molecule has 0 aliphatic rings. The third-order valence-corrected chi connectivity index (χ3v) is 2.81. The van der Waals surface area contributed by atoms with E-state index in [1.807, 2.05) is 18.2 Å². The number of nitrogens with zero attached hydrogens (tertiary/aromatic N) is 1. The molecule has 0 unspecified atom stereocenters. The largest absolute Gasteiger partial charge is 0.381 e. The molecule has 0 fully saturated rings. The Hall–Kier alpha value is -2.07. The number of carbonyl (C=O) groups is 1. The van der Waals surface area contributed by atoms with Gasteiger partial charge in [-0.25, -0.2) is 0 Å². The quantitative estimate of drug-likeness (QED) is 0.900. The van der Waals surface area contributed by atoms with Crippen LogP contribution in [0, 0.1) is 0 Å². The zero-order chi connectivity index (χ0) is 13.7. The Morgan fingerprint density at radius 1 is 1.37 bits per heavy atom. The van der Waals surface area contributed by atoms with Crippen LogP contribution in [0.2, 0.25) is 5.02 Å². The molecule has 0 atom stereocenters. The van der Waals surface area contributed by atoms with Gasteiger partial charge in [-0.2, -0.15) is 0 Å². The van der Waals surface area contributed by atoms with Crippen molar-refractivity contribution in [1.29, 1.82) is 0 Å². The first-order valence-electron chi connectivity index (χ1n) is 5.85. The molecule has 0 aliphatic carbocycles. The zero-order valence-corrected chi connectivity index (χ0v) is 11.2. The number of anilines is 2. The van der Waals surface area contributed by atoms with Crippen molar-refractivity contribution < 1.29 is 4.79 Å². The van der Waals surface area contributed by atoms with Crippen LogP contribution in [-0.2, 0) is 11.3 Å². The Balaban J connectivity index is 2.02. The third kappa shape index (κ3) is 3.96. The summed E-state index contributed by atoms with van der Waals surface area (Å²) < 4.78 is 0. The van der Waals surface area contributed by atoms with E-state index >= 15 is 0 Å². The number of hydrogen-bond acceptors (Lipinski definition) is 3. The number of carbonyl (C=O) groups excluding carboxylic acids is 1. The zero-order valence-electron chi connectivity index (χ0n) is 10.5. The molecule has 2 N–H and O–H groups in total. The summed E-state index contributed by atoms with van der Waals surface area (Å²) in [6, 6.07) is 9.31. The second-order valence-electron chi connectivity index (χ2n) is 4.09. The minimum absolute atomic E-state index is 0.141. The van der Waals surface area contributed by atoms with Crippen molar-refractivity contribution in [2.45, 2.75) is 13.5 Å². The van der Waals surface area contributed by atoms with Gasteiger partial charge in [0.2, 0.25) is 5.91 Å². The number of pyridine rings is 1. The molecule has 19 heavy (non-hydrogen) atoms. The van der Waals surface area contributed by atoms with E-state index in [1.165, 1.54) is 6.92 Å². The fourth-order valence-electron chi connectivity index (χ4n) is 1.62. The smallest absolute Gasteiger partial charge is 0.221 e. The standard InChI is InChI=1S/C14H14ClN3O/c1-10(19)18-14-5-4-12(7-13(14)15)17-9-11-3-2-6-16-8-11/h2-8,17H,9H2,1H3,(H,18,19). The monoisotopic (exact) mass is 275 g/mol. The molecule has 0 radical (unpaired) electrons. The second kappa shape index (κ2) is 6.20. The van der Waals surface area contributed by atoms with Crippen LogP contribution < -0.4 is 10.6 Å². The summed E-state index contributed by atoms with van der Waals surface area (Å²) in [5, 5.41) is 6.42. The Labute approximate surface area is 116 Å². The number of benzene rings is 1. The molecule has 4 nitrogen and oxygen atoms in total. The number of nitrogens with one attached hydrogen (secondary N) is 2. The Morgan fingerprint density at radius 2 is 2.21 bits per heavy atom. The summed E-state index contributed by atoms with van der Waals surface area (Å²) in [6.45, 7) is 2.12. The summed E-state index contributed by atoms with van der Waals surface area (Å²) in [5.74, 6) is -0.141. The van der Waals surface area contributed by atoms with E-state index in [0.717, 1.165) is 11.3 Å². The third-order valence-electron chi connectivity index (χ3n) is 2.50. The highest BCUT2D eigenvalue weighted by Crippen LogP contribution is 2.25. The number of aromatic nitrogens is 1. The van der Waals surface area contributed by atoms with Crippen LogP contribution in [0.1, 0.15) is 12.5 Å². The van der Waals surface area contributed by atoms with Crippen LogP contribution in [0.15, 0.2) is 42.7 Å². The molecular weight excluding hydrogens is 262 g/mol. The van der Waals surface area contributed by atoms with Gasteiger partial charge >= 0.3 is 0 Å². The molecule has 1 aromatic carbocycles. The number of halogens is 1. The summed E-state index contributed by atoms with van der Waals surface area (Å²) in [7, 11) is 0. The van der Waals surface area contributed by atoms with Gasteiger partial charge < -0.3 is 10.6 Å². The maximum atomic E-state index is 11.0. The van der Waals surface area contributed by atoms with Gasteiger partial charge in [-0.1, -0.05) is 17.7 Å². The van der Waals surface area contributed by atoms with Crippen molar-refractivity contribution >= 4 is 28.9 Å². The molecule has 0 spiro atoms. The molecule has 0 saturated carbocycles. The molecule has 2 rings (SSSR count). The SMILES string of the molecule is CC(=O)Nc1ccc(NCc2cccnc2)cc1Cl. The van der Waals surface area contributed by atoms with E-state index in [1.54, 1.807) is 24.5 Å². The van der Waals surface area contributed by atoms with E-state index in [9.17, 15) is 4.79 Å². The molecule has 2 aromatic rings. The lowest BCUT2D eigenvalue weighted by Crippen LogP contribution is -2.06. The maximum absolute atomic E-state index is 11.0. The fraction of sp³-hybridized carbons (Fsp3) is 0.143. The van der Waals surface area contributed by atoms with E-state index < -0.39 is 0 Å². The first kappa shape index (κ1) is 13.4. The summed E-state index contributed by atoms with van der Waals surface area (Å²) in [6.07, 6.45) is 3.54. The van der Waals surface area contributed by atoms with E-state index in [2.05, 4.69) is 15.6 Å². The lowest BCUT2D eigenvalue weighted by molar-refractivity contribution is -0.114. The van der Waals surface area contributed by atoms with Crippen molar-refractivity contribution in [3.8, 4) is 0 Å².